The average Bonchev–Trinajstić information content (AvgIpc) is 3.58. The molecular weight excluding hydrogens is 478 g/mol. The van der Waals surface area contributed by atoms with Gasteiger partial charge in [-0.1, -0.05) is 35.2 Å². The number of methoxy groups -OCH3 is 1. The zero-order valence-electron chi connectivity index (χ0n) is 18.4. The fourth-order valence-corrected chi connectivity index (χ4v) is 5.12. The highest BCUT2D eigenvalue weighted by Gasteiger charge is 2.27. The Morgan fingerprint density at radius 3 is 2.56 bits per heavy atom. The van der Waals surface area contributed by atoms with Gasteiger partial charge in [0.2, 0.25) is 11.0 Å². The van der Waals surface area contributed by atoms with Crippen molar-refractivity contribution in [2.75, 3.05) is 43.9 Å². The number of rotatable bonds is 8. The zero-order valence-corrected chi connectivity index (χ0v) is 20.1. The third-order valence-electron chi connectivity index (χ3n) is 5.16. The van der Waals surface area contributed by atoms with Crippen LogP contribution in [0.1, 0.15) is 26.5 Å². The topological polar surface area (TPSA) is 118 Å². The molecule has 3 aromatic rings. The molecule has 12 heteroatoms. The maximum atomic E-state index is 13.0. The summed E-state index contributed by atoms with van der Waals surface area (Å²) in [4.78, 5) is 40.8. The minimum Gasteiger partial charge on any atom is -0.467 e. The summed E-state index contributed by atoms with van der Waals surface area (Å²) in [5.74, 6) is 0.0864. The molecule has 0 saturated carbocycles. The lowest BCUT2D eigenvalue weighted by molar-refractivity contribution is -0.118. The fourth-order valence-electron chi connectivity index (χ4n) is 3.39. The highest BCUT2D eigenvalue weighted by molar-refractivity contribution is 8.01. The molecule has 0 spiro atoms. The first-order valence-corrected chi connectivity index (χ1v) is 12.3. The van der Waals surface area contributed by atoms with Gasteiger partial charge in [0.1, 0.15) is 5.76 Å². The van der Waals surface area contributed by atoms with Crippen molar-refractivity contribution < 1.29 is 23.5 Å². The Labute approximate surface area is 204 Å². The van der Waals surface area contributed by atoms with Gasteiger partial charge in [-0.05, 0) is 24.3 Å². The molecule has 34 heavy (non-hydrogen) atoms. The molecule has 0 atom stereocenters. The summed E-state index contributed by atoms with van der Waals surface area (Å²) in [6.45, 7) is 2.52. The molecule has 0 unspecified atom stereocenters. The third-order valence-corrected chi connectivity index (χ3v) is 7.28. The zero-order chi connectivity index (χ0) is 23.9. The predicted octanol–water partition coefficient (Wildman–Crippen LogP) is 2.29. The number of nitrogens with zero attached hydrogens (tertiary/aromatic N) is 4. The second kappa shape index (κ2) is 11.2. The van der Waals surface area contributed by atoms with Crippen molar-refractivity contribution in [2.45, 2.75) is 10.9 Å². The lowest BCUT2D eigenvalue weighted by Crippen LogP contribution is -2.49. The van der Waals surface area contributed by atoms with E-state index in [1.165, 1.54) is 30.2 Å². The SMILES string of the molecule is COC(=O)c1ccccc1C(=O)N1CCN(c2nnc(SCC(=O)NCc3ccco3)s2)CC1. The minimum atomic E-state index is -0.531. The number of amides is 2. The van der Waals surface area contributed by atoms with Crippen molar-refractivity contribution in [2.24, 2.45) is 0 Å². The number of anilines is 1. The molecule has 2 amide bonds. The molecule has 3 heterocycles. The molecule has 1 aliphatic rings. The number of ether oxygens (including phenoxy) is 1. The van der Waals surface area contributed by atoms with Crippen molar-refractivity contribution in [3.63, 3.8) is 0 Å². The molecule has 178 valence electrons. The van der Waals surface area contributed by atoms with Crippen LogP contribution >= 0.6 is 23.1 Å². The molecule has 0 aliphatic carbocycles. The van der Waals surface area contributed by atoms with Crippen LogP contribution < -0.4 is 10.2 Å². The van der Waals surface area contributed by atoms with E-state index in [2.05, 4.69) is 20.4 Å². The van der Waals surface area contributed by atoms with Crippen LogP contribution in [0.2, 0.25) is 0 Å². The molecule has 4 rings (SSSR count). The van der Waals surface area contributed by atoms with Crippen LogP contribution in [0.5, 0.6) is 0 Å². The summed E-state index contributed by atoms with van der Waals surface area (Å²) in [6.07, 6.45) is 1.57. The van der Waals surface area contributed by atoms with E-state index in [1.54, 1.807) is 47.6 Å². The fraction of sp³-hybridized carbons (Fsp3) is 0.318. The van der Waals surface area contributed by atoms with Gasteiger partial charge < -0.3 is 24.3 Å². The number of furan rings is 1. The van der Waals surface area contributed by atoms with Crippen LogP contribution in [0.4, 0.5) is 5.13 Å². The van der Waals surface area contributed by atoms with Crippen LogP contribution in [0, 0.1) is 0 Å². The maximum Gasteiger partial charge on any atom is 0.338 e. The Bertz CT molecular complexity index is 1140. The van der Waals surface area contributed by atoms with Gasteiger partial charge in [0.25, 0.3) is 5.91 Å². The molecule has 1 aliphatic heterocycles. The molecule has 2 aromatic heterocycles. The normalized spacial score (nSPS) is 13.6. The largest absolute Gasteiger partial charge is 0.467 e. The van der Waals surface area contributed by atoms with Crippen LogP contribution in [-0.4, -0.2) is 71.9 Å². The number of aromatic nitrogens is 2. The van der Waals surface area contributed by atoms with Crippen molar-refractivity contribution in [3.05, 3.63) is 59.5 Å². The summed E-state index contributed by atoms with van der Waals surface area (Å²) < 4.78 is 10.7. The summed E-state index contributed by atoms with van der Waals surface area (Å²) in [5, 5.41) is 12.0. The van der Waals surface area contributed by atoms with Gasteiger partial charge in [0, 0.05) is 26.2 Å². The van der Waals surface area contributed by atoms with Crippen LogP contribution in [-0.2, 0) is 16.1 Å². The van der Waals surface area contributed by atoms with Gasteiger partial charge in [-0.15, -0.1) is 10.2 Å². The monoisotopic (exact) mass is 501 g/mol. The van der Waals surface area contributed by atoms with E-state index in [0.29, 0.717) is 48.4 Å². The Morgan fingerprint density at radius 2 is 1.85 bits per heavy atom. The van der Waals surface area contributed by atoms with Gasteiger partial charge in [0.15, 0.2) is 4.34 Å². The Morgan fingerprint density at radius 1 is 1.09 bits per heavy atom. The van der Waals surface area contributed by atoms with E-state index in [-0.39, 0.29) is 23.1 Å². The Hall–Kier alpha value is -3.38. The number of nitrogens with one attached hydrogen (secondary N) is 1. The lowest BCUT2D eigenvalue weighted by Gasteiger charge is -2.34. The Kier molecular flexibility index (Phi) is 7.80. The number of carbonyl (C=O) groups excluding carboxylic acids is 3. The summed E-state index contributed by atoms with van der Waals surface area (Å²) >= 11 is 2.74. The first-order valence-electron chi connectivity index (χ1n) is 10.5. The smallest absolute Gasteiger partial charge is 0.338 e. The highest BCUT2D eigenvalue weighted by Crippen LogP contribution is 2.28. The first-order chi connectivity index (χ1) is 16.5. The molecular formula is C22H23N5O5S2. The predicted molar refractivity (Wildman–Crippen MR) is 127 cm³/mol. The summed E-state index contributed by atoms with van der Waals surface area (Å²) in [6, 6.07) is 10.2. The van der Waals surface area contributed by atoms with E-state index >= 15 is 0 Å². The molecule has 0 bridgehead atoms. The van der Waals surface area contributed by atoms with Crippen molar-refractivity contribution in [1.29, 1.82) is 0 Å². The van der Waals surface area contributed by atoms with E-state index in [1.807, 2.05) is 0 Å². The first kappa shape index (κ1) is 23.8. The van der Waals surface area contributed by atoms with E-state index in [4.69, 9.17) is 9.15 Å². The van der Waals surface area contributed by atoms with Crippen molar-refractivity contribution in [3.8, 4) is 0 Å². The number of thioether (sulfide) groups is 1. The maximum absolute atomic E-state index is 13.0. The lowest BCUT2D eigenvalue weighted by atomic mass is 10.1. The number of piperazine rings is 1. The van der Waals surface area contributed by atoms with Crippen molar-refractivity contribution in [1.82, 2.24) is 20.4 Å². The molecule has 0 radical (unpaired) electrons. The van der Waals surface area contributed by atoms with Crippen molar-refractivity contribution >= 4 is 46.0 Å². The van der Waals surface area contributed by atoms with E-state index in [0.717, 1.165) is 5.13 Å². The molecule has 1 N–H and O–H groups in total. The molecule has 1 aromatic carbocycles. The third kappa shape index (κ3) is 5.75. The molecule has 1 fully saturated rings. The summed E-state index contributed by atoms with van der Waals surface area (Å²) in [7, 11) is 1.30. The number of hydrogen-bond acceptors (Lipinski definition) is 10. The number of benzene rings is 1. The minimum absolute atomic E-state index is 0.113. The summed E-state index contributed by atoms with van der Waals surface area (Å²) in [5.41, 5.74) is 0.596. The molecule has 1 saturated heterocycles. The Balaban J connectivity index is 1.27. The van der Waals surface area contributed by atoms with E-state index in [9.17, 15) is 14.4 Å². The van der Waals surface area contributed by atoms with Crippen LogP contribution in [0.25, 0.3) is 0 Å². The van der Waals surface area contributed by atoms with Gasteiger partial charge in [-0.25, -0.2) is 4.79 Å². The number of hydrogen-bond donors (Lipinski definition) is 1. The van der Waals surface area contributed by atoms with Crippen LogP contribution in [0.3, 0.4) is 0 Å². The van der Waals surface area contributed by atoms with Gasteiger partial charge >= 0.3 is 5.97 Å². The number of carbonyl (C=O) groups is 3. The van der Waals surface area contributed by atoms with Gasteiger partial charge in [-0.3, -0.25) is 9.59 Å². The van der Waals surface area contributed by atoms with Crippen LogP contribution in [0.15, 0.2) is 51.4 Å². The number of esters is 1. The van der Waals surface area contributed by atoms with Gasteiger partial charge in [0.05, 0.1) is 36.8 Å². The second-order valence-corrected chi connectivity index (χ2v) is 9.49. The van der Waals surface area contributed by atoms with Gasteiger partial charge in [-0.2, -0.15) is 0 Å². The van der Waals surface area contributed by atoms with E-state index < -0.39 is 5.97 Å². The quantitative estimate of drug-likeness (QED) is 0.366. The average molecular weight is 502 g/mol. The second-order valence-electron chi connectivity index (χ2n) is 7.31. The molecule has 10 nitrogen and oxygen atoms in total. The highest BCUT2D eigenvalue weighted by atomic mass is 32.2. The standard InChI is InChI=1S/C22H23N5O5S2/c1-31-20(30)17-7-3-2-6-16(17)19(29)26-8-10-27(11-9-26)21-24-25-22(34-21)33-14-18(28)23-13-15-5-4-12-32-15/h2-7,12H,8-11,13-14H2,1H3,(H,23,28).